The molecule has 3 aliphatic rings. The summed E-state index contributed by atoms with van der Waals surface area (Å²) in [5.41, 5.74) is 3.09. The van der Waals surface area contributed by atoms with E-state index >= 15 is 0 Å². The summed E-state index contributed by atoms with van der Waals surface area (Å²) in [5.74, 6) is 1.10. The zero-order chi connectivity index (χ0) is 22.1. The number of nitrogens with one attached hydrogen (secondary N) is 1. The summed E-state index contributed by atoms with van der Waals surface area (Å²) in [7, 11) is 0. The lowest BCUT2D eigenvalue weighted by atomic mass is 9.83. The summed E-state index contributed by atoms with van der Waals surface area (Å²) >= 11 is 0. The smallest absolute Gasteiger partial charge is 0.339 e. The van der Waals surface area contributed by atoms with Crippen LogP contribution < -0.4 is 15.7 Å². The number of benzene rings is 1. The van der Waals surface area contributed by atoms with Crippen molar-refractivity contribution in [3.8, 4) is 5.75 Å². The van der Waals surface area contributed by atoms with E-state index in [2.05, 4.69) is 10.2 Å². The maximum absolute atomic E-state index is 12.7. The number of hydrogen-bond acceptors (Lipinski definition) is 5. The van der Waals surface area contributed by atoms with E-state index in [9.17, 15) is 9.59 Å². The maximum atomic E-state index is 12.7. The van der Waals surface area contributed by atoms with Crippen molar-refractivity contribution < 1.29 is 13.9 Å². The Morgan fingerprint density at radius 3 is 2.78 bits per heavy atom. The van der Waals surface area contributed by atoms with E-state index in [1.807, 2.05) is 19.1 Å². The van der Waals surface area contributed by atoms with Gasteiger partial charge in [0.2, 0.25) is 0 Å². The molecule has 1 N–H and O–H groups in total. The second-order valence-corrected chi connectivity index (χ2v) is 9.78. The first-order valence-corrected chi connectivity index (χ1v) is 12.3. The van der Waals surface area contributed by atoms with Gasteiger partial charge < -0.3 is 19.4 Å². The summed E-state index contributed by atoms with van der Waals surface area (Å²) < 4.78 is 11.7. The monoisotopic (exact) mass is 438 g/mol. The zero-order valence-corrected chi connectivity index (χ0v) is 19.1. The van der Waals surface area contributed by atoms with Gasteiger partial charge in [-0.05, 0) is 101 Å². The minimum absolute atomic E-state index is 0.0203. The summed E-state index contributed by atoms with van der Waals surface area (Å²) in [6, 6.07) is 4.46. The molecule has 1 aromatic carbocycles. The normalized spacial score (nSPS) is 23.4. The van der Waals surface area contributed by atoms with Gasteiger partial charge in [-0.15, -0.1) is 0 Å². The summed E-state index contributed by atoms with van der Waals surface area (Å²) in [5, 5.41) is 3.99. The first-order valence-electron chi connectivity index (χ1n) is 12.3. The van der Waals surface area contributed by atoms with Gasteiger partial charge in [-0.25, -0.2) is 4.79 Å². The Balaban J connectivity index is 1.28. The Morgan fingerprint density at radius 1 is 1.09 bits per heavy atom. The molecule has 2 aromatic rings. The van der Waals surface area contributed by atoms with Gasteiger partial charge in [0.15, 0.2) is 6.61 Å². The first kappa shape index (κ1) is 21.5. The van der Waals surface area contributed by atoms with Crippen LogP contribution in [0.4, 0.5) is 0 Å². The number of amides is 1. The lowest BCUT2D eigenvalue weighted by molar-refractivity contribution is -0.123. The molecule has 2 aliphatic heterocycles. The number of rotatable bonds is 5. The van der Waals surface area contributed by atoms with Crippen molar-refractivity contribution in [1.82, 2.24) is 10.2 Å². The lowest BCUT2D eigenvalue weighted by Crippen LogP contribution is -2.51. The Hall–Kier alpha value is -2.34. The highest BCUT2D eigenvalue weighted by Crippen LogP contribution is 2.35. The molecule has 2 saturated heterocycles. The number of fused-ring (bicyclic) bond motifs is 4. The molecule has 32 heavy (non-hydrogen) atoms. The molecule has 5 rings (SSSR count). The average molecular weight is 439 g/mol. The molecule has 0 unspecified atom stereocenters. The highest BCUT2D eigenvalue weighted by molar-refractivity contribution is 5.89. The minimum atomic E-state index is -0.231. The van der Waals surface area contributed by atoms with Gasteiger partial charge in [-0.1, -0.05) is 6.42 Å². The first-order chi connectivity index (χ1) is 15.6. The van der Waals surface area contributed by atoms with Crippen LogP contribution in [0, 0.1) is 12.8 Å². The minimum Gasteiger partial charge on any atom is -0.483 e. The van der Waals surface area contributed by atoms with Gasteiger partial charge in [-0.2, -0.15) is 0 Å². The predicted octanol–water partition coefficient (Wildman–Crippen LogP) is 3.74. The van der Waals surface area contributed by atoms with Crippen molar-refractivity contribution in [2.75, 3.05) is 26.2 Å². The van der Waals surface area contributed by atoms with E-state index in [1.54, 1.807) is 0 Å². The molecule has 0 saturated carbocycles. The Kier molecular flexibility index (Phi) is 6.22. The number of piperidine rings is 2. The second-order valence-electron chi connectivity index (χ2n) is 9.78. The van der Waals surface area contributed by atoms with Crippen LogP contribution in [0.2, 0.25) is 0 Å². The number of ether oxygens (including phenoxy) is 1. The van der Waals surface area contributed by atoms with E-state index in [0.717, 1.165) is 54.3 Å². The Morgan fingerprint density at radius 2 is 1.91 bits per heavy atom. The van der Waals surface area contributed by atoms with Crippen LogP contribution in [-0.4, -0.2) is 43.1 Å². The number of carbonyl (C=O) groups is 1. The van der Waals surface area contributed by atoms with Crippen molar-refractivity contribution in [3.63, 3.8) is 0 Å². The fourth-order valence-corrected chi connectivity index (χ4v) is 6.04. The van der Waals surface area contributed by atoms with Crippen LogP contribution in [0.5, 0.6) is 5.75 Å². The molecule has 2 atom stereocenters. The van der Waals surface area contributed by atoms with Gasteiger partial charge in [0.05, 0.1) is 5.39 Å². The summed E-state index contributed by atoms with van der Waals surface area (Å²) in [6.07, 6.45) is 9.93. The SMILES string of the molecule is Cc1cc(OCC(=O)NC[C@@H]2CCCN3CCCC[C@H]23)c2c3c(c(=O)oc2c1)CCCC3. The quantitative estimate of drug-likeness (QED) is 0.720. The number of aryl methyl sites for hydroxylation is 2. The molecular weight excluding hydrogens is 404 g/mol. The fraction of sp³-hybridized carbons (Fsp3) is 0.615. The third kappa shape index (κ3) is 4.29. The average Bonchev–Trinajstić information content (AvgIpc) is 2.81. The molecule has 1 aliphatic carbocycles. The van der Waals surface area contributed by atoms with Crippen molar-refractivity contribution in [3.05, 3.63) is 39.2 Å². The molecule has 6 heteroatoms. The lowest BCUT2D eigenvalue weighted by Gasteiger charge is -2.44. The van der Waals surface area contributed by atoms with E-state index in [0.29, 0.717) is 23.3 Å². The largest absolute Gasteiger partial charge is 0.483 e. The maximum Gasteiger partial charge on any atom is 0.339 e. The molecule has 1 aromatic heterocycles. The van der Waals surface area contributed by atoms with E-state index in [-0.39, 0.29) is 18.1 Å². The topological polar surface area (TPSA) is 71.8 Å². The molecule has 1 amide bonds. The van der Waals surface area contributed by atoms with Crippen LogP contribution >= 0.6 is 0 Å². The number of hydrogen-bond donors (Lipinski definition) is 1. The van der Waals surface area contributed by atoms with Crippen LogP contribution in [0.15, 0.2) is 21.3 Å². The molecule has 172 valence electrons. The van der Waals surface area contributed by atoms with Crippen LogP contribution in [0.1, 0.15) is 61.6 Å². The van der Waals surface area contributed by atoms with Gasteiger partial charge in [0, 0.05) is 18.2 Å². The molecule has 0 radical (unpaired) electrons. The van der Waals surface area contributed by atoms with Crippen molar-refractivity contribution in [2.24, 2.45) is 5.92 Å². The van der Waals surface area contributed by atoms with Gasteiger partial charge in [-0.3, -0.25) is 4.79 Å². The van der Waals surface area contributed by atoms with E-state index in [4.69, 9.17) is 9.15 Å². The molecule has 0 bridgehead atoms. The van der Waals surface area contributed by atoms with Crippen LogP contribution in [-0.2, 0) is 17.6 Å². The predicted molar refractivity (Wildman–Crippen MR) is 124 cm³/mol. The summed E-state index contributed by atoms with van der Waals surface area (Å²) in [6.45, 7) is 5.07. The molecule has 2 fully saturated rings. The molecule has 0 spiro atoms. The number of nitrogens with zero attached hydrogens (tertiary/aromatic N) is 1. The van der Waals surface area contributed by atoms with Gasteiger partial charge in [0.25, 0.3) is 5.91 Å². The van der Waals surface area contributed by atoms with Crippen molar-refractivity contribution >= 4 is 16.9 Å². The number of carbonyl (C=O) groups excluding carboxylic acids is 1. The zero-order valence-electron chi connectivity index (χ0n) is 19.1. The van der Waals surface area contributed by atoms with Crippen LogP contribution in [0.3, 0.4) is 0 Å². The van der Waals surface area contributed by atoms with E-state index < -0.39 is 0 Å². The highest BCUT2D eigenvalue weighted by atomic mass is 16.5. The standard InChI is InChI=1S/C26H34N2O4/c1-17-13-22(25-19-8-2-3-9-20(19)26(30)32-23(25)14-17)31-16-24(29)27-15-18-7-6-12-28-11-5-4-10-21(18)28/h13-14,18,21H,2-12,15-16H2,1H3,(H,27,29)/t18-,21+/m0/s1. The van der Waals surface area contributed by atoms with Gasteiger partial charge in [0.1, 0.15) is 11.3 Å². The van der Waals surface area contributed by atoms with Crippen molar-refractivity contribution in [2.45, 2.75) is 70.8 Å². The third-order valence-corrected chi connectivity index (χ3v) is 7.58. The van der Waals surface area contributed by atoms with Crippen molar-refractivity contribution in [1.29, 1.82) is 0 Å². The molecule has 3 heterocycles. The van der Waals surface area contributed by atoms with E-state index in [1.165, 1.54) is 45.2 Å². The van der Waals surface area contributed by atoms with Gasteiger partial charge >= 0.3 is 5.63 Å². The third-order valence-electron chi connectivity index (χ3n) is 7.58. The summed E-state index contributed by atoms with van der Waals surface area (Å²) in [4.78, 5) is 27.7. The molecule has 6 nitrogen and oxygen atoms in total. The van der Waals surface area contributed by atoms with Crippen LogP contribution in [0.25, 0.3) is 11.0 Å². The second kappa shape index (κ2) is 9.26. The Bertz CT molecular complexity index is 1060. The molecular formula is C26H34N2O4. The Labute approximate surface area is 189 Å². The fourth-order valence-electron chi connectivity index (χ4n) is 6.04. The highest BCUT2D eigenvalue weighted by Gasteiger charge is 2.33.